The van der Waals surface area contributed by atoms with Crippen LogP contribution in [0, 0.1) is 3.57 Å². The number of ketones is 1. The fraction of sp³-hybridized carbons (Fsp3) is 0.235. The van der Waals surface area contributed by atoms with Crippen molar-refractivity contribution < 1.29 is 14.3 Å². The van der Waals surface area contributed by atoms with E-state index in [-0.39, 0.29) is 5.78 Å². The van der Waals surface area contributed by atoms with Crippen molar-refractivity contribution in [1.29, 1.82) is 0 Å². The van der Waals surface area contributed by atoms with Gasteiger partial charge in [0.05, 0.1) is 13.2 Å². The van der Waals surface area contributed by atoms with E-state index in [9.17, 15) is 4.79 Å². The predicted molar refractivity (Wildman–Crippen MR) is 89.3 cm³/mol. The minimum atomic E-state index is -0.000130. The summed E-state index contributed by atoms with van der Waals surface area (Å²) in [6.45, 7) is 1.36. The zero-order chi connectivity index (χ0) is 14.7. The van der Waals surface area contributed by atoms with Crippen molar-refractivity contribution >= 4 is 28.4 Å². The van der Waals surface area contributed by atoms with Crippen LogP contribution in [0.25, 0.3) is 0 Å². The van der Waals surface area contributed by atoms with Crippen LogP contribution in [0.3, 0.4) is 0 Å². The Balaban J connectivity index is 1.90. The number of ether oxygens (including phenoxy) is 2. The molecule has 21 heavy (non-hydrogen) atoms. The van der Waals surface area contributed by atoms with Gasteiger partial charge in [-0.15, -0.1) is 0 Å². The van der Waals surface area contributed by atoms with Crippen molar-refractivity contribution in [3.63, 3.8) is 0 Å². The molecule has 0 radical (unpaired) electrons. The first-order valence-electron chi connectivity index (χ1n) is 6.94. The molecule has 0 aromatic heterocycles. The maximum Gasteiger partial charge on any atom is 0.193 e. The molecular weight excluding hydrogens is 379 g/mol. The first-order chi connectivity index (χ1) is 10.2. The quantitative estimate of drug-likeness (QED) is 0.569. The van der Waals surface area contributed by atoms with E-state index in [1.807, 2.05) is 30.3 Å². The molecule has 0 bridgehead atoms. The number of carbonyl (C=O) groups excluding carboxylic acids is 1. The van der Waals surface area contributed by atoms with Crippen LogP contribution in [0.5, 0.6) is 11.5 Å². The summed E-state index contributed by atoms with van der Waals surface area (Å²) in [5.41, 5.74) is 1.31. The Morgan fingerprint density at radius 1 is 0.857 bits per heavy atom. The van der Waals surface area contributed by atoms with Gasteiger partial charge >= 0.3 is 0 Å². The van der Waals surface area contributed by atoms with Gasteiger partial charge in [0.1, 0.15) is 0 Å². The zero-order valence-corrected chi connectivity index (χ0v) is 13.6. The van der Waals surface area contributed by atoms with Crippen LogP contribution in [-0.2, 0) is 0 Å². The van der Waals surface area contributed by atoms with Gasteiger partial charge < -0.3 is 9.47 Å². The van der Waals surface area contributed by atoms with Crippen LogP contribution < -0.4 is 9.47 Å². The molecule has 0 atom stereocenters. The monoisotopic (exact) mass is 394 g/mol. The number of benzene rings is 2. The summed E-state index contributed by atoms with van der Waals surface area (Å²) in [5, 5.41) is 0. The van der Waals surface area contributed by atoms with Crippen molar-refractivity contribution in [2.45, 2.75) is 12.8 Å². The number of hydrogen-bond acceptors (Lipinski definition) is 3. The highest BCUT2D eigenvalue weighted by Gasteiger charge is 2.14. The third-order valence-corrected chi connectivity index (χ3v) is 4.09. The molecule has 0 N–H and O–H groups in total. The van der Waals surface area contributed by atoms with Crippen molar-refractivity contribution in [2.75, 3.05) is 13.2 Å². The van der Waals surface area contributed by atoms with Gasteiger partial charge in [0, 0.05) is 14.7 Å². The smallest absolute Gasteiger partial charge is 0.193 e. The molecular formula is C17H15IO3. The second-order valence-corrected chi connectivity index (χ2v) is 6.15. The largest absolute Gasteiger partial charge is 0.490 e. The topological polar surface area (TPSA) is 35.5 Å². The van der Waals surface area contributed by atoms with Crippen LogP contribution in [0.1, 0.15) is 28.8 Å². The highest BCUT2D eigenvalue weighted by atomic mass is 127. The first kappa shape index (κ1) is 14.4. The van der Waals surface area contributed by atoms with Gasteiger partial charge in [0.2, 0.25) is 0 Å². The third-order valence-electron chi connectivity index (χ3n) is 3.37. The summed E-state index contributed by atoms with van der Waals surface area (Å²) < 4.78 is 12.5. The van der Waals surface area contributed by atoms with E-state index in [1.54, 1.807) is 12.1 Å². The SMILES string of the molecule is O=C(c1ccc(I)cc1)c1ccc2c(c1)OCCCCO2. The average molecular weight is 394 g/mol. The second-order valence-electron chi connectivity index (χ2n) is 4.90. The van der Waals surface area contributed by atoms with Crippen molar-refractivity contribution in [1.82, 2.24) is 0 Å². The summed E-state index contributed by atoms with van der Waals surface area (Å²) in [6.07, 6.45) is 1.96. The van der Waals surface area contributed by atoms with Crippen LogP contribution >= 0.6 is 22.6 Å². The van der Waals surface area contributed by atoms with Gasteiger partial charge in [-0.25, -0.2) is 0 Å². The van der Waals surface area contributed by atoms with E-state index in [1.165, 1.54) is 0 Å². The molecule has 0 saturated carbocycles. The molecule has 3 nitrogen and oxygen atoms in total. The van der Waals surface area contributed by atoms with Crippen molar-refractivity contribution in [3.05, 3.63) is 57.2 Å². The Morgan fingerprint density at radius 3 is 2.19 bits per heavy atom. The molecule has 0 amide bonds. The van der Waals surface area contributed by atoms with Crippen molar-refractivity contribution in [2.24, 2.45) is 0 Å². The molecule has 3 rings (SSSR count). The van der Waals surface area contributed by atoms with Crippen LogP contribution in [-0.4, -0.2) is 19.0 Å². The predicted octanol–water partition coefficient (Wildman–Crippen LogP) is 4.07. The Morgan fingerprint density at radius 2 is 1.48 bits per heavy atom. The maximum atomic E-state index is 12.5. The average Bonchev–Trinajstić information content (AvgIpc) is 2.48. The van der Waals surface area contributed by atoms with Gasteiger partial charge in [-0.3, -0.25) is 4.79 Å². The Bertz CT molecular complexity index is 650. The van der Waals surface area contributed by atoms with E-state index in [4.69, 9.17) is 9.47 Å². The molecule has 4 heteroatoms. The zero-order valence-electron chi connectivity index (χ0n) is 11.5. The van der Waals surface area contributed by atoms with Crippen LogP contribution in [0.2, 0.25) is 0 Å². The van der Waals surface area contributed by atoms with Crippen LogP contribution in [0.4, 0.5) is 0 Å². The second kappa shape index (κ2) is 6.47. The fourth-order valence-corrected chi connectivity index (χ4v) is 2.58. The summed E-state index contributed by atoms with van der Waals surface area (Å²) in [4.78, 5) is 12.5. The molecule has 108 valence electrons. The molecule has 0 fully saturated rings. The van der Waals surface area contributed by atoms with E-state index in [0.29, 0.717) is 35.8 Å². The molecule has 0 aliphatic carbocycles. The lowest BCUT2D eigenvalue weighted by molar-refractivity contribution is 0.103. The summed E-state index contributed by atoms with van der Waals surface area (Å²) in [6, 6.07) is 12.9. The molecule has 0 saturated heterocycles. The minimum Gasteiger partial charge on any atom is -0.490 e. The Hall–Kier alpha value is -1.56. The molecule has 2 aromatic carbocycles. The normalized spacial score (nSPS) is 14.1. The number of carbonyl (C=O) groups is 1. The molecule has 1 aliphatic rings. The van der Waals surface area contributed by atoms with Gasteiger partial charge in [-0.2, -0.15) is 0 Å². The lowest BCUT2D eigenvalue weighted by Crippen LogP contribution is -2.09. The van der Waals surface area contributed by atoms with E-state index >= 15 is 0 Å². The molecule has 1 aliphatic heterocycles. The first-order valence-corrected chi connectivity index (χ1v) is 8.02. The van der Waals surface area contributed by atoms with Gasteiger partial charge in [0.25, 0.3) is 0 Å². The highest BCUT2D eigenvalue weighted by molar-refractivity contribution is 14.1. The number of fused-ring (bicyclic) bond motifs is 1. The molecule has 0 spiro atoms. The lowest BCUT2D eigenvalue weighted by atomic mass is 10.0. The summed E-state index contributed by atoms with van der Waals surface area (Å²) in [7, 11) is 0. The fourth-order valence-electron chi connectivity index (χ4n) is 2.22. The van der Waals surface area contributed by atoms with Gasteiger partial charge in [-0.1, -0.05) is 0 Å². The van der Waals surface area contributed by atoms with Gasteiger partial charge in [-0.05, 0) is 77.9 Å². The minimum absolute atomic E-state index is 0.000130. The summed E-state index contributed by atoms with van der Waals surface area (Å²) >= 11 is 2.22. The third kappa shape index (κ3) is 3.37. The highest BCUT2D eigenvalue weighted by Crippen LogP contribution is 2.30. The van der Waals surface area contributed by atoms with Crippen molar-refractivity contribution in [3.8, 4) is 11.5 Å². The Kier molecular flexibility index (Phi) is 4.43. The molecule has 1 heterocycles. The summed E-state index contributed by atoms with van der Waals surface area (Å²) in [5.74, 6) is 1.37. The number of rotatable bonds is 2. The maximum absolute atomic E-state index is 12.5. The van der Waals surface area contributed by atoms with Gasteiger partial charge in [0.15, 0.2) is 17.3 Å². The number of halogens is 1. The lowest BCUT2D eigenvalue weighted by Gasteiger charge is -2.17. The Labute approximate surface area is 137 Å². The van der Waals surface area contributed by atoms with E-state index in [0.717, 1.165) is 16.4 Å². The van der Waals surface area contributed by atoms with E-state index in [2.05, 4.69) is 22.6 Å². The van der Waals surface area contributed by atoms with Crippen LogP contribution in [0.15, 0.2) is 42.5 Å². The number of hydrogen-bond donors (Lipinski definition) is 0. The van der Waals surface area contributed by atoms with E-state index < -0.39 is 0 Å². The molecule has 0 unspecified atom stereocenters. The molecule has 2 aromatic rings. The standard InChI is InChI=1S/C17H15IO3/c18-14-6-3-12(4-7-14)17(19)13-5-8-15-16(11-13)21-10-2-1-9-20-15/h3-8,11H,1-2,9-10H2.